The van der Waals surface area contributed by atoms with E-state index in [2.05, 4.69) is 10.3 Å². The van der Waals surface area contributed by atoms with Gasteiger partial charge < -0.3 is 11.1 Å². The van der Waals surface area contributed by atoms with E-state index in [-0.39, 0.29) is 11.8 Å². The maximum absolute atomic E-state index is 12.1. The van der Waals surface area contributed by atoms with Crippen LogP contribution in [0.1, 0.15) is 17.0 Å². The Hall–Kier alpha value is -2.20. The number of rotatable bonds is 5. The van der Waals surface area contributed by atoms with Gasteiger partial charge in [-0.1, -0.05) is 30.3 Å². The van der Waals surface area contributed by atoms with Crippen LogP contribution in [0.2, 0.25) is 0 Å². The molecule has 4 nitrogen and oxygen atoms in total. The zero-order chi connectivity index (χ0) is 13.5. The zero-order valence-electron chi connectivity index (χ0n) is 10.6. The number of nitrogens with zero attached hydrogens (tertiary/aromatic N) is 1. The summed E-state index contributed by atoms with van der Waals surface area (Å²) in [5, 5.41) is 2.90. The van der Waals surface area contributed by atoms with Crippen molar-refractivity contribution in [3.05, 3.63) is 66.0 Å². The summed E-state index contributed by atoms with van der Waals surface area (Å²) in [4.78, 5) is 16.1. The summed E-state index contributed by atoms with van der Waals surface area (Å²) in [6, 6.07) is 13.3. The smallest absolute Gasteiger partial charge is 0.229 e. The van der Waals surface area contributed by atoms with E-state index < -0.39 is 0 Å². The maximum Gasteiger partial charge on any atom is 0.229 e. The average Bonchev–Trinajstić information content (AvgIpc) is 2.48. The third-order valence-electron chi connectivity index (χ3n) is 2.97. The topological polar surface area (TPSA) is 68.0 Å². The van der Waals surface area contributed by atoms with Gasteiger partial charge in [0.1, 0.15) is 0 Å². The van der Waals surface area contributed by atoms with Gasteiger partial charge in [0, 0.05) is 25.5 Å². The van der Waals surface area contributed by atoms with Crippen molar-refractivity contribution in [1.29, 1.82) is 0 Å². The lowest BCUT2D eigenvalue weighted by atomic mass is 9.98. The first-order valence-corrected chi connectivity index (χ1v) is 6.23. The molecule has 0 bridgehead atoms. The molecule has 1 amide bonds. The molecule has 4 heteroatoms. The van der Waals surface area contributed by atoms with Gasteiger partial charge in [0.25, 0.3) is 0 Å². The Morgan fingerprint density at radius 3 is 2.47 bits per heavy atom. The second kappa shape index (κ2) is 6.66. The molecular formula is C15H17N3O. The fourth-order valence-electron chi connectivity index (χ4n) is 1.89. The van der Waals surface area contributed by atoms with Gasteiger partial charge in [-0.2, -0.15) is 0 Å². The van der Waals surface area contributed by atoms with Gasteiger partial charge in [-0.3, -0.25) is 9.78 Å². The Labute approximate surface area is 112 Å². The number of hydrogen-bond acceptors (Lipinski definition) is 3. The Kier molecular flexibility index (Phi) is 4.64. The van der Waals surface area contributed by atoms with Crippen molar-refractivity contribution in [2.24, 2.45) is 5.73 Å². The van der Waals surface area contributed by atoms with Gasteiger partial charge in [0.05, 0.1) is 5.92 Å². The molecule has 19 heavy (non-hydrogen) atoms. The normalized spacial score (nSPS) is 11.8. The Balaban J connectivity index is 1.98. The molecule has 0 aliphatic rings. The number of nitrogens with two attached hydrogens (primary N) is 1. The number of pyridine rings is 1. The highest BCUT2D eigenvalue weighted by molar-refractivity contribution is 5.83. The van der Waals surface area contributed by atoms with Crippen molar-refractivity contribution in [2.45, 2.75) is 12.5 Å². The quantitative estimate of drug-likeness (QED) is 0.849. The minimum absolute atomic E-state index is 0.0505. The number of hydrogen-bond donors (Lipinski definition) is 2. The van der Waals surface area contributed by atoms with Crippen LogP contribution in [0.15, 0.2) is 54.9 Å². The number of carbonyl (C=O) groups is 1. The fourth-order valence-corrected chi connectivity index (χ4v) is 1.89. The molecule has 1 unspecified atom stereocenters. The second-order valence-electron chi connectivity index (χ2n) is 4.27. The fraction of sp³-hybridized carbons (Fsp3) is 0.200. The summed E-state index contributed by atoms with van der Waals surface area (Å²) in [7, 11) is 0. The molecule has 0 radical (unpaired) electrons. The molecule has 2 aromatic rings. The van der Waals surface area contributed by atoms with Crippen LogP contribution in [0.4, 0.5) is 0 Å². The maximum atomic E-state index is 12.1. The predicted molar refractivity (Wildman–Crippen MR) is 74.3 cm³/mol. The van der Waals surface area contributed by atoms with Crippen molar-refractivity contribution in [3.8, 4) is 0 Å². The van der Waals surface area contributed by atoms with Gasteiger partial charge in [-0.15, -0.1) is 0 Å². The summed E-state index contributed by atoms with van der Waals surface area (Å²) in [6.45, 7) is 0.789. The minimum Gasteiger partial charge on any atom is -0.351 e. The molecule has 0 fully saturated rings. The number of benzene rings is 1. The van der Waals surface area contributed by atoms with Crippen LogP contribution in [0.5, 0.6) is 0 Å². The predicted octanol–water partition coefficient (Wildman–Crippen LogP) is 1.44. The van der Waals surface area contributed by atoms with Gasteiger partial charge in [0.15, 0.2) is 0 Å². The highest BCUT2D eigenvalue weighted by Crippen LogP contribution is 2.14. The van der Waals surface area contributed by atoms with Crippen molar-refractivity contribution in [2.75, 3.05) is 6.54 Å². The molecule has 0 aliphatic heterocycles. The number of nitrogens with one attached hydrogen (secondary N) is 1. The Bertz CT molecular complexity index is 513. The lowest BCUT2D eigenvalue weighted by molar-refractivity contribution is -0.122. The van der Waals surface area contributed by atoms with E-state index in [0.717, 1.165) is 11.1 Å². The summed E-state index contributed by atoms with van der Waals surface area (Å²) < 4.78 is 0. The van der Waals surface area contributed by atoms with Crippen molar-refractivity contribution < 1.29 is 4.79 Å². The summed E-state index contributed by atoms with van der Waals surface area (Å²) in [5.74, 6) is -0.353. The molecule has 1 heterocycles. The lowest BCUT2D eigenvalue weighted by Crippen LogP contribution is -2.33. The molecule has 98 valence electrons. The Morgan fingerprint density at radius 2 is 1.84 bits per heavy atom. The van der Waals surface area contributed by atoms with E-state index in [4.69, 9.17) is 5.73 Å². The first kappa shape index (κ1) is 13.2. The van der Waals surface area contributed by atoms with Crippen LogP contribution in [0, 0.1) is 0 Å². The molecule has 0 spiro atoms. The highest BCUT2D eigenvalue weighted by Gasteiger charge is 2.18. The van der Waals surface area contributed by atoms with Gasteiger partial charge in [0.2, 0.25) is 5.91 Å². The molecular weight excluding hydrogens is 238 g/mol. The van der Waals surface area contributed by atoms with Crippen LogP contribution in [0.25, 0.3) is 0 Å². The zero-order valence-corrected chi connectivity index (χ0v) is 10.6. The molecule has 0 saturated heterocycles. The van der Waals surface area contributed by atoms with Crippen LogP contribution >= 0.6 is 0 Å². The van der Waals surface area contributed by atoms with E-state index in [0.29, 0.717) is 13.1 Å². The molecule has 1 atom stereocenters. The molecule has 2 rings (SSSR count). The number of amides is 1. The van der Waals surface area contributed by atoms with E-state index in [1.165, 1.54) is 0 Å². The molecule has 0 saturated carbocycles. The summed E-state index contributed by atoms with van der Waals surface area (Å²) in [5.41, 5.74) is 7.67. The van der Waals surface area contributed by atoms with Crippen LogP contribution in [-0.2, 0) is 11.3 Å². The second-order valence-corrected chi connectivity index (χ2v) is 4.27. The minimum atomic E-state index is -0.303. The van der Waals surface area contributed by atoms with E-state index in [1.54, 1.807) is 12.4 Å². The number of aromatic nitrogens is 1. The summed E-state index contributed by atoms with van der Waals surface area (Å²) in [6.07, 6.45) is 3.41. The molecule has 1 aromatic carbocycles. The van der Waals surface area contributed by atoms with Crippen LogP contribution in [-0.4, -0.2) is 17.4 Å². The largest absolute Gasteiger partial charge is 0.351 e. The van der Waals surface area contributed by atoms with E-state index in [1.807, 2.05) is 42.5 Å². The summed E-state index contributed by atoms with van der Waals surface area (Å²) >= 11 is 0. The highest BCUT2D eigenvalue weighted by atomic mass is 16.1. The number of carbonyl (C=O) groups excluding carboxylic acids is 1. The SMILES string of the molecule is NCC(C(=O)NCc1ccncc1)c1ccccc1. The van der Waals surface area contributed by atoms with Gasteiger partial charge in [-0.25, -0.2) is 0 Å². The van der Waals surface area contributed by atoms with Crippen LogP contribution in [0.3, 0.4) is 0 Å². The third kappa shape index (κ3) is 3.63. The van der Waals surface area contributed by atoms with Crippen molar-refractivity contribution >= 4 is 5.91 Å². The molecule has 1 aromatic heterocycles. The average molecular weight is 255 g/mol. The van der Waals surface area contributed by atoms with Gasteiger partial charge in [-0.05, 0) is 23.3 Å². The molecule has 0 aliphatic carbocycles. The van der Waals surface area contributed by atoms with Gasteiger partial charge >= 0.3 is 0 Å². The van der Waals surface area contributed by atoms with Crippen LogP contribution < -0.4 is 11.1 Å². The van der Waals surface area contributed by atoms with Crippen molar-refractivity contribution in [3.63, 3.8) is 0 Å². The molecule has 3 N–H and O–H groups in total. The Morgan fingerprint density at radius 1 is 1.16 bits per heavy atom. The standard InChI is InChI=1S/C15H17N3O/c16-10-14(13-4-2-1-3-5-13)15(19)18-11-12-6-8-17-9-7-12/h1-9,14H,10-11,16H2,(H,18,19). The lowest BCUT2D eigenvalue weighted by Gasteiger charge is -2.15. The first-order valence-electron chi connectivity index (χ1n) is 6.23. The first-order chi connectivity index (χ1) is 9.31. The van der Waals surface area contributed by atoms with E-state index in [9.17, 15) is 4.79 Å². The van der Waals surface area contributed by atoms with Crippen molar-refractivity contribution in [1.82, 2.24) is 10.3 Å². The van der Waals surface area contributed by atoms with E-state index >= 15 is 0 Å². The third-order valence-corrected chi connectivity index (χ3v) is 2.97. The monoisotopic (exact) mass is 255 g/mol.